The van der Waals surface area contributed by atoms with Crippen molar-refractivity contribution < 1.29 is 14.0 Å². The molecule has 3 aromatic rings. The van der Waals surface area contributed by atoms with Gasteiger partial charge in [-0.05, 0) is 37.1 Å². The number of aryl methyl sites for hydroxylation is 1. The van der Waals surface area contributed by atoms with Crippen molar-refractivity contribution in [2.45, 2.75) is 33.1 Å². The van der Waals surface area contributed by atoms with Crippen LogP contribution in [-0.4, -0.2) is 0 Å². The van der Waals surface area contributed by atoms with Gasteiger partial charge in [-0.2, -0.15) is 5.48 Å². The minimum Gasteiger partial charge on any atom is -0.489 e. The van der Waals surface area contributed by atoms with Gasteiger partial charge >= 0.3 is 0 Å². The molecule has 0 aliphatic heterocycles. The molecule has 0 saturated carbocycles. The fourth-order valence-electron chi connectivity index (χ4n) is 2.69. The highest BCUT2D eigenvalue weighted by Gasteiger charge is 2.13. The third kappa shape index (κ3) is 5.64. The van der Waals surface area contributed by atoms with Crippen molar-refractivity contribution in [3.05, 3.63) is 101 Å². The van der Waals surface area contributed by atoms with Crippen LogP contribution in [0.2, 0.25) is 0 Å². The van der Waals surface area contributed by atoms with Gasteiger partial charge in [0.1, 0.15) is 24.3 Å². The van der Waals surface area contributed by atoms with Gasteiger partial charge < -0.3 is 4.74 Å². The Morgan fingerprint density at radius 2 is 1.67 bits per heavy atom. The first-order valence-electron chi connectivity index (χ1n) is 9.02. The molecule has 3 rings (SSSR count). The zero-order valence-corrected chi connectivity index (χ0v) is 15.6. The molecule has 1 N–H and O–H groups in total. The Labute approximate surface area is 159 Å². The summed E-state index contributed by atoms with van der Waals surface area (Å²) in [6.07, 6.45) is -0.417. The molecular formula is C23H24FNO2. The summed E-state index contributed by atoms with van der Waals surface area (Å²) in [5.41, 5.74) is 6.73. The van der Waals surface area contributed by atoms with Gasteiger partial charge in [-0.3, -0.25) is 4.84 Å². The van der Waals surface area contributed by atoms with E-state index < -0.39 is 6.10 Å². The van der Waals surface area contributed by atoms with Crippen LogP contribution >= 0.6 is 0 Å². The maximum absolute atomic E-state index is 14.4. The van der Waals surface area contributed by atoms with Crippen LogP contribution in [0.3, 0.4) is 0 Å². The molecule has 0 aliphatic carbocycles. The number of halogens is 1. The van der Waals surface area contributed by atoms with Gasteiger partial charge in [-0.25, -0.2) is 4.39 Å². The summed E-state index contributed by atoms with van der Waals surface area (Å²) in [5.74, 6) is 0.159. The molecule has 0 aliphatic rings. The third-order valence-corrected chi connectivity index (χ3v) is 4.32. The monoisotopic (exact) mass is 365 g/mol. The molecule has 3 nitrogen and oxygen atoms in total. The molecule has 1 atom stereocenters. The molecule has 0 amide bonds. The molecule has 0 spiro atoms. The highest BCUT2D eigenvalue weighted by Crippen LogP contribution is 2.24. The summed E-state index contributed by atoms with van der Waals surface area (Å²) in [6, 6.07) is 22.9. The topological polar surface area (TPSA) is 30.5 Å². The minimum atomic E-state index is -0.417. The van der Waals surface area contributed by atoms with E-state index in [1.165, 1.54) is 11.6 Å². The van der Waals surface area contributed by atoms with Crippen molar-refractivity contribution in [3.8, 4) is 5.75 Å². The average Bonchev–Trinajstić information content (AvgIpc) is 2.68. The Bertz CT molecular complexity index is 850. The summed E-state index contributed by atoms with van der Waals surface area (Å²) in [5, 5.41) is 0. The largest absolute Gasteiger partial charge is 0.489 e. The molecule has 27 heavy (non-hydrogen) atoms. The van der Waals surface area contributed by atoms with Gasteiger partial charge in [0.2, 0.25) is 0 Å². The highest BCUT2D eigenvalue weighted by molar-refractivity contribution is 5.30. The van der Waals surface area contributed by atoms with Crippen molar-refractivity contribution >= 4 is 0 Å². The van der Waals surface area contributed by atoms with Crippen LogP contribution in [0.5, 0.6) is 5.75 Å². The smallest absolute Gasteiger partial charge is 0.132 e. The molecule has 0 bridgehead atoms. The second-order valence-corrected chi connectivity index (χ2v) is 6.52. The molecule has 0 saturated heterocycles. The van der Waals surface area contributed by atoms with Gasteiger partial charge in [-0.1, -0.05) is 60.2 Å². The Kier molecular flexibility index (Phi) is 6.58. The predicted octanol–water partition coefficient (Wildman–Crippen LogP) is 5.50. The van der Waals surface area contributed by atoms with E-state index in [0.29, 0.717) is 24.5 Å². The number of hydroxylamine groups is 1. The zero-order chi connectivity index (χ0) is 19.1. The van der Waals surface area contributed by atoms with Gasteiger partial charge in [-0.15, -0.1) is 0 Å². The summed E-state index contributed by atoms with van der Waals surface area (Å²) < 4.78 is 20.1. The Hall–Kier alpha value is -2.69. The standard InChI is InChI=1S/C23H24FNO2/c1-17-8-10-20(11-9-17)16-26-21-12-13-22(23(24)14-21)18(2)27-25-15-19-6-4-3-5-7-19/h3-14,18,25H,15-16H2,1-2H3. The average molecular weight is 365 g/mol. The zero-order valence-electron chi connectivity index (χ0n) is 15.6. The van der Waals surface area contributed by atoms with Crippen molar-refractivity contribution in [2.75, 3.05) is 0 Å². The van der Waals surface area contributed by atoms with Gasteiger partial charge in [0.15, 0.2) is 0 Å². The van der Waals surface area contributed by atoms with Crippen molar-refractivity contribution in [2.24, 2.45) is 0 Å². The van der Waals surface area contributed by atoms with Crippen LogP contribution in [0, 0.1) is 12.7 Å². The van der Waals surface area contributed by atoms with Crippen molar-refractivity contribution in [3.63, 3.8) is 0 Å². The second-order valence-electron chi connectivity index (χ2n) is 6.52. The lowest BCUT2D eigenvalue weighted by Crippen LogP contribution is -2.17. The molecule has 0 radical (unpaired) electrons. The number of ether oxygens (including phenoxy) is 1. The van der Waals surface area contributed by atoms with E-state index >= 15 is 0 Å². The third-order valence-electron chi connectivity index (χ3n) is 4.32. The molecule has 140 valence electrons. The van der Waals surface area contributed by atoms with Crippen molar-refractivity contribution in [1.82, 2.24) is 5.48 Å². The van der Waals surface area contributed by atoms with E-state index in [1.54, 1.807) is 12.1 Å². The van der Waals surface area contributed by atoms with Crippen LogP contribution in [-0.2, 0) is 18.0 Å². The Morgan fingerprint density at radius 3 is 2.37 bits per heavy atom. The summed E-state index contributed by atoms with van der Waals surface area (Å²) in [6.45, 7) is 4.81. The lowest BCUT2D eigenvalue weighted by Gasteiger charge is -2.15. The maximum atomic E-state index is 14.4. The van der Waals surface area contributed by atoms with Crippen LogP contribution in [0.4, 0.5) is 4.39 Å². The van der Waals surface area contributed by atoms with E-state index in [2.05, 4.69) is 5.48 Å². The second kappa shape index (κ2) is 9.31. The SMILES string of the molecule is Cc1ccc(COc2ccc(C(C)ONCc3ccccc3)c(F)c2)cc1. The minimum absolute atomic E-state index is 0.342. The number of rotatable bonds is 8. The van der Waals surface area contributed by atoms with E-state index in [0.717, 1.165) is 11.1 Å². The van der Waals surface area contributed by atoms with E-state index in [9.17, 15) is 4.39 Å². The molecule has 3 aromatic carbocycles. The number of hydrogen-bond donors (Lipinski definition) is 1. The Morgan fingerprint density at radius 1 is 0.926 bits per heavy atom. The van der Waals surface area contributed by atoms with Crippen LogP contribution in [0.1, 0.15) is 35.3 Å². The van der Waals surface area contributed by atoms with Crippen LogP contribution < -0.4 is 10.2 Å². The molecule has 4 heteroatoms. The van der Waals surface area contributed by atoms with Gasteiger partial charge in [0.05, 0.1) is 0 Å². The quantitative estimate of drug-likeness (QED) is 0.535. The van der Waals surface area contributed by atoms with E-state index in [-0.39, 0.29) is 5.82 Å². The Balaban J connectivity index is 1.53. The predicted molar refractivity (Wildman–Crippen MR) is 105 cm³/mol. The number of benzene rings is 3. The first-order chi connectivity index (χ1) is 13.1. The summed E-state index contributed by atoms with van der Waals surface area (Å²) in [7, 11) is 0. The summed E-state index contributed by atoms with van der Waals surface area (Å²) >= 11 is 0. The number of hydrogen-bond acceptors (Lipinski definition) is 3. The van der Waals surface area contributed by atoms with E-state index in [4.69, 9.17) is 9.57 Å². The molecule has 1 unspecified atom stereocenters. The normalized spacial score (nSPS) is 12.0. The van der Waals surface area contributed by atoms with Gasteiger partial charge in [0, 0.05) is 18.2 Å². The lowest BCUT2D eigenvalue weighted by atomic mass is 10.1. The van der Waals surface area contributed by atoms with E-state index in [1.807, 2.05) is 68.4 Å². The molecule has 0 fully saturated rings. The lowest BCUT2D eigenvalue weighted by molar-refractivity contribution is -0.0220. The van der Waals surface area contributed by atoms with Gasteiger partial charge in [0.25, 0.3) is 0 Å². The van der Waals surface area contributed by atoms with Crippen molar-refractivity contribution in [1.29, 1.82) is 0 Å². The molecule has 0 heterocycles. The van der Waals surface area contributed by atoms with Crippen LogP contribution in [0.15, 0.2) is 72.8 Å². The maximum Gasteiger partial charge on any atom is 0.132 e. The van der Waals surface area contributed by atoms with Crippen LogP contribution in [0.25, 0.3) is 0 Å². The first kappa shape index (κ1) is 19.1. The number of nitrogens with one attached hydrogen (secondary N) is 1. The highest BCUT2D eigenvalue weighted by atomic mass is 19.1. The summed E-state index contributed by atoms with van der Waals surface area (Å²) in [4.78, 5) is 5.56. The molecule has 0 aromatic heterocycles. The molecular weight excluding hydrogens is 341 g/mol. The fraction of sp³-hybridized carbons (Fsp3) is 0.217. The first-order valence-corrected chi connectivity index (χ1v) is 9.02. The fourth-order valence-corrected chi connectivity index (χ4v) is 2.69.